The number of anilines is 1. The van der Waals surface area contributed by atoms with Crippen LogP contribution in [0.3, 0.4) is 0 Å². The van der Waals surface area contributed by atoms with Crippen molar-refractivity contribution in [2.75, 3.05) is 19.0 Å². The van der Waals surface area contributed by atoms with Crippen molar-refractivity contribution in [2.45, 2.75) is 19.3 Å². The van der Waals surface area contributed by atoms with Crippen molar-refractivity contribution in [1.82, 2.24) is 9.78 Å². The second-order valence-corrected chi connectivity index (χ2v) is 8.45. The van der Waals surface area contributed by atoms with Crippen molar-refractivity contribution in [3.8, 4) is 22.7 Å². The fourth-order valence-electron chi connectivity index (χ4n) is 3.35. The van der Waals surface area contributed by atoms with E-state index in [4.69, 9.17) is 9.84 Å². The van der Waals surface area contributed by atoms with Crippen molar-refractivity contribution in [2.24, 2.45) is 0 Å². The van der Waals surface area contributed by atoms with Crippen molar-refractivity contribution < 1.29 is 4.74 Å². The largest absolute Gasteiger partial charge is 0.496 e. The highest BCUT2D eigenvalue weighted by atomic mass is 127. The highest BCUT2D eigenvalue weighted by Gasteiger charge is 2.23. The first-order chi connectivity index (χ1) is 12.7. The number of ether oxygens (including phenoxy) is 1. The number of hydrogen-bond acceptors (Lipinski definition) is 3. The first kappa shape index (κ1) is 17.9. The van der Waals surface area contributed by atoms with Gasteiger partial charge in [-0.2, -0.15) is 5.10 Å². The third kappa shape index (κ3) is 3.36. The Morgan fingerprint density at radius 1 is 1.15 bits per heavy atom. The summed E-state index contributed by atoms with van der Waals surface area (Å²) in [5, 5.41) is 8.60. The molecule has 26 heavy (non-hydrogen) atoms. The van der Waals surface area contributed by atoms with Gasteiger partial charge in [0, 0.05) is 25.7 Å². The van der Waals surface area contributed by atoms with E-state index in [0.29, 0.717) is 0 Å². The van der Waals surface area contributed by atoms with Crippen molar-refractivity contribution in [3.05, 3.63) is 56.1 Å². The van der Waals surface area contributed by atoms with Crippen LogP contribution >= 0.6 is 38.5 Å². The van der Waals surface area contributed by atoms with Gasteiger partial charge in [-0.15, -0.1) is 0 Å². The quantitative estimate of drug-likeness (QED) is 0.450. The van der Waals surface area contributed by atoms with Gasteiger partial charge in [-0.25, -0.2) is 4.68 Å². The van der Waals surface area contributed by atoms with E-state index in [0.717, 1.165) is 58.8 Å². The van der Waals surface area contributed by atoms with Crippen LogP contribution in [-0.2, 0) is 6.42 Å². The van der Waals surface area contributed by atoms with Crippen LogP contribution in [0.1, 0.15) is 18.4 Å². The van der Waals surface area contributed by atoms with Crippen LogP contribution in [0.2, 0.25) is 0 Å². The Balaban J connectivity index is 1.93. The van der Waals surface area contributed by atoms with Gasteiger partial charge in [-0.05, 0) is 84.3 Å². The van der Waals surface area contributed by atoms with Crippen LogP contribution in [0.5, 0.6) is 5.75 Å². The number of halogens is 2. The summed E-state index contributed by atoms with van der Waals surface area (Å²) in [5.74, 6) is 1.94. The Bertz CT molecular complexity index is 937. The molecule has 0 radical (unpaired) electrons. The Labute approximate surface area is 175 Å². The van der Waals surface area contributed by atoms with Gasteiger partial charge < -0.3 is 10.1 Å². The minimum Gasteiger partial charge on any atom is -0.496 e. The molecule has 0 saturated heterocycles. The standard InChI is InChI=1S/C20H19BrIN3O/c1-26-18-10-5-13(21)12-17(18)19-16-4-2-3-11-23-20(16)25(24-19)15-8-6-14(22)7-9-15/h5-10,12,23H,2-4,11H2,1H3. The number of fused-ring (bicyclic) bond motifs is 1. The summed E-state index contributed by atoms with van der Waals surface area (Å²) >= 11 is 5.91. The van der Waals surface area contributed by atoms with Crippen molar-refractivity contribution >= 4 is 44.3 Å². The van der Waals surface area contributed by atoms with Gasteiger partial charge in [0.2, 0.25) is 0 Å². The fourth-order valence-corrected chi connectivity index (χ4v) is 4.07. The first-order valence-electron chi connectivity index (χ1n) is 8.63. The van der Waals surface area contributed by atoms with Crippen LogP contribution in [0, 0.1) is 3.57 Å². The molecular weight excluding hydrogens is 505 g/mol. The van der Waals surface area contributed by atoms with Gasteiger partial charge >= 0.3 is 0 Å². The summed E-state index contributed by atoms with van der Waals surface area (Å²) in [5.41, 5.74) is 4.34. The van der Waals surface area contributed by atoms with Crippen LogP contribution in [0.4, 0.5) is 5.82 Å². The third-order valence-electron chi connectivity index (χ3n) is 4.62. The predicted octanol–water partition coefficient (Wildman–Crippen LogP) is 5.66. The number of benzene rings is 2. The van der Waals surface area contributed by atoms with Crippen LogP contribution in [0.25, 0.3) is 16.9 Å². The van der Waals surface area contributed by atoms with Crippen LogP contribution in [0.15, 0.2) is 46.9 Å². The lowest BCUT2D eigenvalue weighted by molar-refractivity contribution is 0.416. The molecule has 3 aromatic rings. The Hall–Kier alpha value is -1.54. The van der Waals surface area contributed by atoms with E-state index in [-0.39, 0.29) is 0 Å². The van der Waals surface area contributed by atoms with Gasteiger partial charge in [0.1, 0.15) is 17.3 Å². The molecule has 1 aliphatic heterocycles. The van der Waals surface area contributed by atoms with E-state index < -0.39 is 0 Å². The molecule has 2 aromatic carbocycles. The zero-order valence-electron chi connectivity index (χ0n) is 14.4. The number of nitrogens with zero attached hydrogens (tertiary/aromatic N) is 2. The summed E-state index contributed by atoms with van der Waals surface area (Å²) < 4.78 is 9.89. The number of hydrogen-bond donors (Lipinski definition) is 1. The average Bonchev–Trinajstić information content (AvgIpc) is 2.84. The topological polar surface area (TPSA) is 39.1 Å². The smallest absolute Gasteiger partial charge is 0.133 e. The fraction of sp³-hybridized carbons (Fsp3) is 0.250. The molecule has 0 aliphatic carbocycles. The summed E-state index contributed by atoms with van der Waals surface area (Å²) in [7, 11) is 1.71. The maximum absolute atomic E-state index is 5.62. The second-order valence-electron chi connectivity index (χ2n) is 6.29. The van der Waals surface area contributed by atoms with Gasteiger partial charge in [0.15, 0.2) is 0 Å². The van der Waals surface area contributed by atoms with E-state index in [1.807, 2.05) is 16.8 Å². The van der Waals surface area contributed by atoms with Gasteiger partial charge in [0.05, 0.1) is 12.8 Å². The Morgan fingerprint density at radius 2 is 1.96 bits per heavy atom. The molecule has 1 N–H and O–H groups in total. The molecule has 134 valence electrons. The molecule has 4 rings (SSSR count). The normalized spacial score (nSPS) is 13.7. The molecule has 0 spiro atoms. The van der Waals surface area contributed by atoms with E-state index in [1.54, 1.807) is 7.11 Å². The van der Waals surface area contributed by atoms with E-state index in [9.17, 15) is 0 Å². The average molecular weight is 524 g/mol. The monoisotopic (exact) mass is 523 g/mol. The lowest BCUT2D eigenvalue weighted by Gasteiger charge is -2.09. The molecule has 1 aliphatic rings. The second kappa shape index (κ2) is 7.60. The lowest BCUT2D eigenvalue weighted by atomic mass is 10.0. The Kier molecular flexibility index (Phi) is 5.22. The summed E-state index contributed by atoms with van der Waals surface area (Å²) in [6.07, 6.45) is 3.33. The minimum atomic E-state index is 0.840. The van der Waals surface area contributed by atoms with Crippen LogP contribution in [-0.4, -0.2) is 23.4 Å². The number of rotatable bonds is 3. The summed E-state index contributed by atoms with van der Waals surface area (Å²) in [6.45, 7) is 0.970. The highest BCUT2D eigenvalue weighted by molar-refractivity contribution is 14.1. The molecular formula is C20H19BrIN3O. The molecule has 0 atom stereocenters. The lowest BCUT2D eigenvalue weighted by Crippen LogP contribution is -2.07. The van der Waals surface area contributed by atoms with E-state index >= 15 is 0 Å². The van der Waals surface area contributed by atoms with Gasteiger partial charge in [-0.3, -0.25) is 0 Å². The zero-order valence-corrected chi connectivity index (χ0v) is 18.2. The minimum absolute atomic E-state index is 0.840. The van der Waals surface area contributed by atoms with E-state index in [2.05, 4.69) is 74.2 Å². The molecule has 0 unspecified atom stereocenters. The predicted molar refractivity (Wildman–Crippen MR) is 117 cm³/mol. The molecule has 4 nitrogen and oxygen atoms in total. The molecule has 0 fully saturated rings. The Morgan fingerprint density at radius 3 is 2.73 bits per heavy atom. The summed E-state index contributed by atoms with van der Waals surface area (Å²) in [4.78, 5) is 0. The maximum Gasteiger partial charge on any atom is 0.133 e. The zero-order chi connectivity index (χ0) is 18.1. The number of methoxy groups -OCH3 is 1. The van der Waals surface area contributed by atoms with Gasteiger partial charge in [-0.1, -0.05) is 15.9 Å². The first-order valence-corrected chi connectivity index (χ1v) is 10.5. The molecule has 0 bridgehead atoms. The number of aromatic nitrogens is 2. The van der Waals surface area contributed by atoms with Crippen molar-refractivity contribution in [3.63, 3.8) is 0 Å². The maximum atomic E-state index is 5.62. The number of nitrogens with one attached hydrogen (secondary N) is 1. The SMILES string of the molecule is COc1ccc(Br)cc1-c1nn(-c2ccc(I)cc2)c2c1CCCCN2. The highest BCUT2D eigenvalue weighted by Crippen LogP contribution is 2.39. The van der Waals surface area contributed by atoms with Crippen molar-refractivity contribution in [1.29, 1.82) is 0 Å². The molecule has 1 aromatic heterocycles. The molecule has 2 heterocycles. The molecule has 0 saturated carbocycles. The van der Waals surface area contributed by atoms with Crippen LogP contribution < -0.4 is 10.1 Å². The molecule has 0 amide bonds. The van der Waals surface area contributed by atoms with Gasteiger partial charge in [0.25, 0.3) is 0 Å². The van der Waals surface area contributed by atoms with E-state index in [1.165, 1.54) is 9.13 Å². The molecule has 6 heteroatoms. The third-order valence-corrected chi connectivity index (χ3v) is 5.83. The summed E-state index contributed by atoms with van der Waals surface area (Å²) in [6, 6.07) is 14.5.